The van der Waals surface area contributed by atoms with Gasteiger partial charge in [-0.3, -0.25) is 4.79 Å². The number of hydrogen-bond acceptors (Lipinski definition) is 4. The van der Waals surface area contributed by atoms with E-state index in [0.717, 1.165) is 22.4 Å². The van der Waals surface area contributed by atoms with E-state index in [9.17, 15) is 13.2 Å². The molecule has 3 rings (SSSR count). The fourth-order valence-electron chi connectivity index (χ4n) is 3.58. The fraction of sp³-hybridized carbons (Fsp3) is 0.435. The molecule has 0 radical (unpaired) electrons. The average molecular weight is 431 g/mol. The van der Waals surface area contributed by atoms with E-state index in [4.69, 9.17) is 4.74 Å². The topological polar surface area (TPSA) is 75.7 Å². The second kappa shape index (κ2) is 9.62. The first-order chi connectivity index (χ1) is 14.3. The summed E-state index contributed by atoms with van der Waals surface area (Å²) >= 11 is 0. The summed E-state index contributed by atoms with van der Waals surface area (Å²) in [6.45, 7) is 7.31. The smallest absolute Gasteiger partial charge is 0.243 e. The molecule has 2 aromatic rings. The van der Waals surface area contributed by atoms with E-state index in [1.54, 1.807) is 24.3 Å². The van der Waals surface area contributed by atoms with Gasteiger partial charge in [0, 0.05) is 13.1 Å². The molecule has 7 heteroatoms. The molecule has 2 aromatic carbocycles. The van der Waals surface area contributed by atoms with Crippen LogP contribution in [0, 0.1) is 26.7 Å². The highest BCUT2D eigenvalue weighted by Crippen LogP contribution is 2.24. The number of hydrogen-bond donors (Lipinski definition) is 1. The summed E-state index contributed by atoms with van der Waals surface area (Å²) in [5.74, 6) is 0.348. The fourth-order valence-corrected chi connectivity index (χ4v) is 5.10. The van der Waals surface area contributed by atoms with Gasteiger partial charge in [0.25, 0.3) is 0 Å². The van der Waals surface area contributed by atoms with Gasteiger partial charge in [0.2, 0.25) is 15.9 Å². The molecule has 0 aromatic heterocycles. The highest BCUT2D eigenvalue weighted by Gasteiger charge is 2.33. The normalized spacial score (nSPS) is 17.5. The van der Waals surface area contributed by atoms with E-state index < -0.39 is 10.0 Å². The number of piperidine rings is 1. The van der Waals surface area contributed by atoms with Crippen molar-refractivity contribution in [2.45, 2.75) is 38.5 Å². The standard InChI is InChI=1S/C23H30N2O4S/c1-17-7-10-21(11-8-17)30(27,28)25-13-4-5-20(16-25)23(26)24-12-14-29-22-15-18(2)6-9-19(22)3/h6-11,15,20H,4-5,12-14,16H2,1-3H3,(H,24,26)/t20-/m1/s1. The largest absolute Gasteiger partial charge is 0.491 e. The Labute approximate surface area is 179 Å². The second-order valence-corrected chi connectivity index (χ2v) is 9.86. The van der Waals surface area contributed by atoms with Crippen LogP contribution in [0.25, 0.3) is 0 Å². The van der Waals surface area contributed by atoms with Crippen LogP contribution in [-0.4, -0.2) is 44.9 Å². The van der Waals surface area contributed by atoms with Gasteiger partial charge in [-0.15, -0.1) is 0 Å². The van der Waals surface area contributed by atoms with Crippen molar-refractivity contribution in [2.75, 3.05) is 26.2 Å². The Hall–Kier alpha value is -2.38. The molecule has 162 valence electrons. The maximum Gasteiger partial charge on any atom is 0.243 e. The van der Waals surface area contributed by atoms with Gasteiger partial charge in [0.1, 0.15) is 12.4 Å². The Morgan fingerprint density at radius 1 is 1.10 bits per heavy atom. The minimum atomic E-state index is -3.59. The minimum absolute atomic E-state index is 0.122. The molecule has 1 aliphatic heterocycles. The summed E-state index contributed by atoms with van der Waals surface area (Å²) in [6, 6.07) is 12.8. The minimum Gasteiger partial charge on any atom is -0.491 e. The van der Waals surface area contributed by atoms with Crippen LogP contribution in [0.1, 0.15) is 29.5 Å². The van der Waals surface area contributed by atoms with Gasteiger partial charge < -0.3 is 10.1 Å². The number of carbonyl (C=O) groups excluding carboxylic acids is 1. The van der Waals surface area contributed by atoms with Crippen LogP contribution in [0.5, 0.6) is 5.75 Å². The number of nitrogens with one attached hydrogen (secondary N) is 1. The molecule has 0 unspecified atom stereocenters. The van der Waals surface area contributed by atoms with Crippen molar-refractivity contribution in [2.24, 2.45) is 5.92 Å². The van der Waals surface area contributed by atoms with Crippen LogP contribution in [0.3, 0.4) is 0 Å². The van der Waals surface area contributed by atoms with Gasteiger partial charge in [-0.2, -0.15) is 4.31 Å². The number of benzene rings is 2. The van der Waals surface area contributed by atoms with Gasteiger partial charge in [-0.25, -0.2) is 8.42 Å². The van der Waals surface area contributed by atoms with E-state index in [0.29, 0.717) is 32.5 Å². The molecule has 1 aliphatic rings. The zero-order valence-corrected chi connectivity index (χ0v) is 18.7. The molecule has 1 fully saturated rings. The van der Waals surface area contributed by atoms with Crippen LogP contribution in [0.4, 0.5) is 0 Å². The highest BCUT2D eigenvalue weighted by atomic mass is 32.2. The van der Waals surface area contributed by atoms with Crippen molar-refractivity contribution in [1.82, 2.24) is 9.62 Å². The van der Waals surface area contributed by atoms with Crippen molar-refractivity contribution in [3.63, 3.8) is 0 Å². The zero-order valence-electron chi connectivity index (χ0n) is 17.8. The highest BCUT2D eigenvalue weighted by molar-refractivity contribution is 7.89. The number of aryl methyl sites for hydroxylation is 3. The lowest BCUT2D eigenvalue weighted by Gasteiger charge is -2.31. The molecule has 1 heterocycles. The molecule has 0 bridgehead atoms. The first-order valence-corrected chi connectivity index (χ1v) is 11.8. The number of sulfonamides is 1. The molecule has 0 saturated carbocycles. The van der Waals surface area contributed by atoms with Crippen molar-refractivity contribution in [1.29, 1.82) is 0 Å². The molecular weight excluding hydrogens is 400 g/mol. The Balaban J connectivity index is 1.52. The van der Waals surface area contributed by atoms with Gasteiger partial charge in [-0.1, -0.05) is 29.8 Å². The molecule has 1 amide bonds. The lowest BCUT2D eigenvalue weighted by atomic mass is 9.99. The molecule has 1 atom stereocenters. The Bertz CT molecular complexity index is 987. The van der Waals surface area contributed by atoms with Gasteiger partial charge in [0.15, 0.2) is 0 Å². The molecule has 1 saturated heterocycles. The summed E-state index contributed by atoms with van der Waals surface area (Å²) in [6.07, 6.45) is 1.35. The zero-order chi connectivity index (χ0) is 21.7. The number of amides is 1. The van der Waals surface area contributed by atoms with Crippen LogP contribution < -0.4 is 10.1 Å². The molecule has 0 spiro atoms. The summed E-state index contributed by atoms with van der Waals surface area (Å²) in [5.41, 5.74) is 3.18. The number of rotatable bonds is 7. The van der Waals surface area contributed by atoms with Crippen molar-refractivity contribution in [3.05, 3.63) is 59.2 Å². The SMILES string of the molecule is Cc1ccc(S(=O)(=O)N2CCC[C@@H](C(=O)NCCOc3cc(C)ccc3C)C2)cc1. The van der Waals surface area contributed by atoms with Crippen molar-refractivity contribution in [3.8, 4) is 5.75 Å². The summed E-state index contributed by atoms with van der Waals surface area (Å²) in [7, 11) is -3.59. The maximum atomic E-state index is 12.9. The molecular formula is C23H30N2O4S. The van der Waals surface area contributed by atoms with Crippen LogP contribution in [-0.2, 0) is 14.8 Å². The van der Waals surface area contributed by atoms with Gasteiger partial charge >= 0.3 is 0 Å². The molecule has 0 aliphatic carbocycles. The van der Waals surface area contributed by atoms with E-state index >= 15 is 0 Å². The Morgan fingerprint density at radius 2 is 1.80 bits per heavy atom. The van der Waals surface area contributed by atoms with E-state index in [1.165, 1.54) is 4.31 Å². The van der Waals surface area contributed by atoms with E-state index in [2.05, 4.69) is 5.32 Å². The quantitative estimate of drug-likeness (QED) is 0.685. The molecule has 1 N–H and O–H groups in total. The Kier molecular flexibility index (Phi) is 7.15. The second-order valence-electron chi connectivity index (χ2n) is 7.92. The first kappa shape index (κ1) is 22.3. The van der Waals surface area contributed by atoms with Gasteiger partial charge in [-0.05, 0) is 62.9 Å². The van der Waals surface area contributed by atoms with Crippen molar-refractivity contribution >= 4 is 15.9 Å². The average Bonchev–Trinajstić information content (AvgIpc) is 2.74. The van der Waals surface area contributed by atoms with Crippen LogP contribution in [0.15, 0.2) is 47.4 Å². The predicted molar refractivity (Wildman–Crippen MR) is 117 cm³/mol. The third-order valence-electron chi connectivity index (χ3n) is 5.42. The Morgan fingerprint density at radius 3 is 2.53 bits per heavy atom. The first-order valence-electron chi connectivity index (χ1n) is 10.3. The number of nitrogens with zero attached hydrogens (tertiary/aromatic N) is 1. The molecule has 30 heavy (non-hydrogen) atoms. The summed E-state index contributed by atoms with van der Waals surface area (Å²) in [4.78, 5) is 12.9. The van der Waals surface area contributed by atoms with Crippen LogP contribution in [0.2, 0.25) is 0 Å². The third kappa shape index (κ3) is 5.40. The maximum absolute atomic E-state index is 12.9. The lowest BCUT2D eigenvalue weighted by molar-refractivity contribution is -0.126. The number of ether oxygens (including phenoxy) is 1. The summed E-state index contributed by atoms with van der Waals surface area (Å²) in [5, 5.41) is 2.89. The summed E-state index contributed by atoms with van der Waals surface area (Å²) < 4.78 is 33.0. The van der Waals surface area contributed by atoms with Crippen LogP contribution >= 0.6 is 0 Å². The monoisotopic (exact) mass is 430 g/mol. The van der Waals surface area contributed by atoms with E-state index in [-0.39, 0.29) is 23.3 Å². The third-order valence-corrected chi connectivity index (χ3v) is 7.30. The van der Waals surface area contributed by atoms with Crippen molar-refractivity contribution < 1.29 is 17.9 Å². The predicted octanol–water partition coefficient (Wildman–Crippen LogP) is 3.21. The van der Waals surface area contributed by atoms with Gasteiger partial charge in [0.05, 0.1) is 17.4 Å². The van der Waals surface area contributed by atoms with E-state index in [1.807, 2.05) is 39.0 Å². The lowest BCUT2D eigenvalue weighted by Crippen LogP contribution is -2.45. The molecule has 6 nitrogen and oxygen atoms in total. The number of carbonyl (C=O) groups is 1.